The van der Waals surface area contributed by atoms with Gasteiger partial charge in [0, 0.05) is 43.1 Å². The molecule has 0 radical (unpaired) electrons. The van der Waals surface area contributed by atoms with E-state index in [4.69, 9.17) is 9.84 Å². The summed E-state index contributed by atoms with van der Waals surface area (Å²) >= 11 is 0. The van der Waals surface area contributed by atoms with Gasteiger partial charge in [-0.25, -0.2) is 8.78 Å². The van der Waals surface area contributed by atoms with Gasteiger partial charge in [0.15, 0.2) is 0 Å². The molecule has 1 aliphatic rings. The molecule has 1 aliphatic heterocycles. The van der Waals surface area contributed by atoms with E-state index < -0.39 is 17.6 Å². The number of benzene rings is 1. The summed E-state index contributed by atoms with van der Waals surface area (Å²) in [4.78, 5) is 13.0. The number of ether oxygens (including phenoxy) is 1. The van der Waals surface area contributed by atoms with E-state index in [-0.39, 0.29) is 43.3 Å². The molecule has 1 amide bonds. The maximum absolute atomic E-state index is 13.9. The van der Waals surface area contributed by atoms with Crippen LogP contribution < -0.4 is 4.74 Å². The quantitative estimate of drug-likeness (QED) is 0.897. The summed E-state index contributed by atoms with van der Waals surface area (Å²) in [6.45, 7) is 0.250. The van der Waals surface area contributed by atoms with E-state index in [0.29, 0.717) is 0 Å². The summed E-state index contributed by atoms with van der Waals surface area (Å²) in [5.74, 6) is -2.03. The number of hydrogen-bond acceptors (Lipinski definition) is 3. The van der Waals surface area contributed by atoms with Crippen LogP contribution in [0.15, 0.2) is 12.1 Å². The number of hydrogen-bond donors (Lipinski definition) is 1. The first-order valence-electron chi connectivity index (χ1n) is 5.98. The Morgan fingerprint density at radius 3 is 2.58 bits per heavy atom. The summed E-state index contributed by atoms with van der Waals surface area (Å²) in [6.07, 6.45) is 0.0557. The molecule has 1 aromatic rings. The predicted molar refractivity (Wildman–Crippen MR) is 63.9 cm³/mol. The van der Waals surface area contributed by atoms with E-state index in [1.54, 1.807) is 0 Å². The Hall–Kier alpha value is -1.69. The number of carbonyl (C=O) groups is 1. The third-order valence-corrected chi connectivity index (χ3v) is 3.28. The Labute approximate surface area is 109 Å². The lowest BCUT2D eigenvalue weighted by Crippen LogP contribution is -2.28. The lowest BCUT2D eigenvalue weighted by molar-refractivity contribution is -0.128. The number of aliphatic hydroxyl groups excluding tert-OH is 1. The Kier molecular flexibility index (Phi) is 3.99. The van der Waals surface area contributed by atoms with Crippen LogP contribution in [0.4, 0.5) is 8.78 Å². The fourth-order valence-electron chi connectivity index (χ4n) is 2.37. The highest BCUT2D eigenvalue weighted by Crippen LogP contribution is 2.33. The Balaban J connectivity index is 2.26. The number of nitrogens with zero attached hydrogens (tertiary/aromatic N) is 1. The number of amides is 1. The zero-order valence-electron chi connectivity index (χ0n) is 10.5. The van der Waals surface area contributed by atoms with Gasteiger partial charge in [-0.05, 0) is 0 Å². The first-order chi connectivity index (χ1) is 9.06. The predicted octanol–water partition coefficient (Wildman–Crippen LogP) is 1.28. The van der Waals surface area contributed by atoms with Gasteiger partial charge in [-0.15, -0.1) is 0 Å². The molecule has 1 saturated heterocycles. The second-order valence-electron chi connectivity index (χ2n) is 4.47. The molecule has 1 aromatic carbocycles. The van der Waals surface area contributed by atoms with Gasteiger partial charge < -0.3 is 14.7 Å². The number of aliphatic hydroxyl groups is 1. The van der Waals surface area contributed by atoms with E-state index in [0.717, 1.165) is 12.1 Å². The van der Waals surface area contributed by atoms with Crippen LogP contribution in [0.3, 0.4) is 0 Å². The van der Waals surface area contributed by atoms with Crippen LogP contribution in [0.5, 0.6) is 5.75 Å². The minimum atomic E-state index is -0.708. The average Bonchev–Trinajstić information content (AvgIpc) is 2.70. The second-order valence-corrected chi connectivity index (χ2v) is 4.47. The topological polar surface area (TPSA) is 49.8 Å². The van der Waals surface area contributed by atoms with Crippen molar-refractivity contribution in [1.82, 2.24) is 4.90 Å². The molecule has 0 spiro atoms. The standard InChI is InChI=1S/C13H15F2NO3/c1-19-9-5-10(14)13(11(15)6-9)8-4-12(18)16(7-8)2-3-17/h5-6,8,17H,2-4,7H2,1H3/t8-/m0/s1. The van der Waals surface area contributed by atoms with Crippen LogP contribution in [-0.2, 0) is 4.79 Å². The van der Waals surface area contributed by atoms with Gasteiger partial charge in [-0.2, -0.15) is 0 Å². The van der Waals surface area contributed by atoms with E-state index >= 15 is 0 Å². The normalized spacial score (nSPS) is 19.1. The van der Waals surface area contributed by atoms with Gasteiger partial charge in [-0.1, -0.05) is 0 Å². The summed E-state index contributed by atoms with van der Waals surface area (Å²) in [5, 5.41) is 8.82. The number of rotatable bonds is 4. The van der Waals surface area contributed by atoms with E-state index in [1.165, 1.54) is 12.0 Å². The summed E-state index contributed by atoms with van der Waals surface area (Å²) in [7, 11) is 1.33. The molecule has 0 unspecified atom stereocenters. The SMILES string of the molecule is COc1cc(F)c([C@H]2CC(=O)N(CCO)C2)c(F)c1. The minimum absolute atomic E-state index is 0.0557. The van der Waals surface area contributed by atoms with Crippen molar-refractivity contribution in [2.45, 2.75) is 12.3 Å². The molecule has 4 nitrogen and oxygen atoms in total. The lowest BCUT2D eigenvalue weighted by atomic mass is 9.97. The van der Waals surface area contributed by atoms with Crippen molar-refractivity contribution in [3.05, 3.63) is 29.3 Å². The maximum atomic E-state index is 13.9. The van der Waals surface area contributed by atoms with Gasteiger partial charge in [0.25, 0.3) is 0 Å². The van der Waals surface area contributed by atoms with E-state index in [1.807, 2.05) is 0 Å². The number of likely N-dealkylation sites (tertiary alicyclic amines) is 1. The van der Waals surface area contributed by atoms with Crippen molar-refractivity contribution in [3.63, 3.8) is 0 Å². The lowest BCUT2D eigenvalue weighted by Gasteiger charge is -2.16. The van der Waals surface area contributed by atoms with Crippen LogP contribution in [0, 0.1) is 11.6 Å². The summed E-state index contributed by atoms with van der Waals surface area (Å²) in [6, 6.07) is 2.22. The van der Waals surface area contributed by atoms with Gasteiger partial charge >= 0.3 is 0 Å². The molecular formula is C13H15F2NO3. The Bertz CT molecular complexity index is 470. The fraction of sp³-hybridized carbons (Fsp3) is 0.462. The molecule has 19 heavy (non-hydrogen) atoms. The molecule has 1 atom stereocenters. The molecule has 0 bridgehead atoms. The van der Waals surface area contributed by atoms with Crippen LogP contribution in [-0.4, -0.2) is 42.7 Å². The molecular weight excluding hydrogens is 256 g/mol. The largest absolute Gasteiger partial charge is 0.497 e. The number of carbonyl (C=O) groups excluding carboxylic acids is 1. The Morgan fingerprint density at radius 1 is 1.42 bits per heavy atom. The number of halogens is 2. The van der Waals surface area contributed by atoms with Gasteiger partial charge in [0.05, 0.1) is 13.7 Å². The second kappa shape index (κ2) is 5.52. The Morgan fingerprint density at radius 2 is 2.05 bits per heavy atom. The molecule has 6 heteroatoms. The zero-order chi connectivity index (χ0) is 14.0. The minimum Gasteiger partial charge on any atom is -0.497 e. The first-order valence-corrected chi connectivity index (χ1v) is 5.98. The summed E-state index contributed by atoms with van der Waals surface area (Å²) < 4.78 is 32.6. The molecule has 0 aromatic heterocycles. The van der Waals surface area contributed by atoms with Crippen molar-refractivity contribution >= 4 is 5.91 Å². The molecule has 1 N–H and O–H groups in total. The van der Waals surface area contributed by atoms with Gasteiger partial charge in [0.1, 0.15) is 17.4 Å². The summed E-state index contributed by atoms with van der Waals surface area (Å²) in [5.41, 5.74) is -0.0883. The van der Waals surface area contributed by atoms with Crippen molar-refractivity contribution in [3.8, 4) is 5.75 Å². The van der Waals surface area contributed by atoms with Crippen LogP contribution in [0.25, 0.3) is 0 Å². The average molecular weight is 271 g/mol. The maximum Gasteiger partial charge on any atom is 0.223 e. The van der Waals surface area contributed by atoms with Crippen molar-refractivity contribution < 1.29 is 23.4 Å². The van der Waals surface area contributed by atoms with E-state index in [2.05, 4.69) is 0 Å². The van der Waals surface area contributed by atoms with Gasteiger partial charge in [-0.3, -0.25) is 4.79 Å². The van der Waals surface area contributed by atoms with Crippen LogP contribution >= 0.6 is 0 Å². The zero-order valence-corrected chi connectivity index (χ0v) is 10.5. The number of β-amino-alcohol motifs (C(OH)–C–C–N with tert-alkyl or cyclic N) is 1. The first kappa shape index (κ1) is 13.7. The number of methoxy groups -OCH3 is 1. The van der Waals surface area contributed by atoms with Crippen LogP contribution in [0.1, 0.15) is 17.9 Å². The molecule has 0 aliphatic carbocycles. The highest BCUT2D eigenvalue weighted by Gasteiger charge is 2.33. The third-order valence-electron chi connectivity index (χ3n) is 3.28. The molecule has 0 saturated carbocycles. The highest BCUT2D eigenvalue weighted by molar-refractivity contribution is 5.79. The third kappa shape index (κ3) is 2.68. The van der Waals surface area contributed by atoms with Crippen molar-refractivity contribution in [1.29, 1.82) is 0 Å². The van der Waals surface area contributed by atoms with Crippen molar-refractivity contribution in [2.24, 2.45) is 0 Å². The molecule has 104 valence electrons. The van der Waals surface area contributed by atoms with E-state index in [9.17, 15) is 13.6 Å². The monoisotopic (exact) mass is 271 g/mol. The smallest absolute Gasteiger partial charge is 0.223 e. The fourth-order valence-corrected chi connectivity index (χ4v) is 2.37. The van der Waals surface area contributed by atoms with Gasteiger partial charge in [0.2, 0.25) is 5.91 Å². The molecule has 1 heterocycles. The van der Waals surface area contributed by atoms with Crippen LogP contribution in [0.2, 0.25) is 0 Å². The molecule has 1 fully saturated rings. The highest BCUT2D eigenvalue weighted by atomic mass is 19.1. The van der Waals surface area contributed by atoms with Crippen molar-refractivity contribution in [2.75, 3.05) is 26.8 Å². The molecule has 2 rings (SSSR count).